The second-order valence-electron chi connectivity index (χ2n) is 4.57. The maximum Gasteiger partial charge on any atom is 0.209 e. The molecule has 0 saturated carbocycles. The summed E-state index contributed by atoms with van der Waals surface area (Å²) in [6, 6.07) is 7.52. The van der Waals surface area contributed by atoms with E-state index in [2.05, 4.69) is 16.8 Å². The molecule has 2 aromatic rings. The maximum atomic E-state index is 8.88. The van der Waals surface area contributed by atoms with Crippen LogP contribution in [0.2, 0.25) is 5.02 Å². The minimum atomic E-state index is 0.204. The molecule has 0 aliphatic carbocycles. The minimum Gasteiger partial charge on any atom is -0.439 e. The average molecular weight is 295 g/mol. The number of aliphatic hydroxyl groups is 1. The third-order valence-electron chi connectivity index (χ3n) is 3.10. The molecule has 0 fully saturated rings. The fourth-order valence-electron chi connectivity index (χ4n) is 1.99. The number of aliphatic hydroxyl groups excluding tert-OH is 1. The van der Waals surface area contributed by atoms with E-state index in [1.807, 2.05) is 24.3 Å². The zero-order valence-electron chi connectivity index (χ0n) is 11.6. The highest BCUT2D eigenvalue weighted by Gasteiger charge is 2.10. The lowest BCUT2D eigenvalue weighted by Crippen LogP contribution is -2.24. The average Bonchev–Trinajstić information content (AvgIpc) is 2.92. The van der Waals surface area contributed by atoms with Gasteiger partial charge < -0.3 is 9.52 Å². The molecule has 5 heteroatoms. The monoisotopic (exact) mass is 294 g/mol. The molecule has 2 rings (SSSR count). The van der Waals surface area contributed by atoms with Crippen LogP contribution >= 0.6 is 11.6 Å². The first-order valence-corrected chi connectivity index (χ1v) is 7.14. The van der Waals surface area contributed by atoms with Crippen molar-refractivity contribution in [3.63, 3.8) is 0 Å². The minimum absolute atomic E-state index is 0.204. The molecule has 0 unspecified atom stereocenters. The van der Waals surface area contributed by atoms with Crippen molar-refractivity contribution >= 4 is 11.6 Å². The van der Waals surface area contributed by atoms with Crippen LogP contribution in [0.4, 0.5) is 0 Å². The summed E-state index contributed by atoms with van der Waals surface area (Å²) in [7, 11) is 0. The van der Waals surface area contributed by atoms with Gasteiger partial charge in [-0.15, -0.1) is 0 Å². The number of rotatable bonds is 7. The van der Waals surface area contributed by atoms with Gasteiger partial charge in [0.25, 0.3) is 0 Å². The molecule has 1 N–H and O–H groups in total. The first-order valence-electron chi connectivity index (χ1n) is 6.76. The Labute approximate surface area is 124 Å². The van der Waals surface area contributed by atoms with Crippen LogP contribution in [0.5, 0.6) is 0 Å². The number of benzene rings is 1. The number of oxazole rings is 1. The Kier molecular flexibility index (Phi) is 5.59. The summed E-state index contributed by atoms with van der Waals surface area (Å²) in [5.41, 5.74) is 0.926. The molecule has 0 spiro atoms. The van der Waals surface area contributed by atoms with E-state index in [0.717, 1.165) is 30.8 Å². The van der Waals surface area contributed by atoms with E-state index in [-0.39, 0.29) is 6.61 Å². The summed E-state index contributed by atoms with van der Waals surface area (Å²) in [6.07, 6.45) is 2.48. The van der Waals surface area contributed by atoms with Crippen molar-refractivity contribution in [3.05, 3.63) is 41.4 Å². The molecule has 108 valence electrons. The van der Waals surface area contributed by atoms with Crippen molar-refractivity contribution in [2.45, 2.75) is 19.9 Å². The van der Waals surface area contributed by atoms with E-state index >= 15 is 0 Å². The zero-order valence-corrected chi connectivity index (χ0v) is 12.3. The van der Waals surface area contributed by atoms with Crippen LogP contribution in [-0.4, -0.2) is 34.7 Å². The summed E-state index contributed by atoms with van der Waals surface area (Å²) in [4.78, 5) is 6.49. The lowest BCUT2D eigenvalue weighted by Gasteiger charge is -2.17. The largest absolute Gasteiger partial charge is 0.439 e. The normalized spacial score (nSPS) is 11.2. The predicted octanol–water partition coefficient (Wildman–Crippen LogP) is 3.20. The summed E-state index contributed by atoms with van der Waals surface area (Å²) < 4.78 is 5.76. The highest BCUT2D eigenvalue weighted by Crippen LogP contribution is 2.23. The predicted molar refractivity (Wildman–Crippen MR) is 79.6 cm³/mol. The molecule has 1 aromatic carbocycles. The highest BCUT2D eigenvalue weighted by atomic mass is 35.5. The Bertz CT molecular complexity index is 542. The van der Waals surface area contributed by atoms with Gasteiger partial charge in [-0.2, -0.15) is 0 Å². The quantitative estimate of drug-likeness (QED) is 0.852. The van der Waals surface area contributed by atoms with Crippen molar-refractivity contribution in [3.8, 4) is 11.3 Å². The molecule has 0 saturated heterocycles. The van der Waals surface area contributed by atoms with Crippen LogP contribution in [0.3, 0.4) is 0 Å². The van der Waals surface area contributed by atoms with Gasteiger partial charge in [0, 0.05) is 23.7 Å². The summed E-state index contributed by atoms with van der Waals surface area (Å²) >= 11 is 5.97. The first kappa shape index (κ1) is 15.0. The summed E-state index contributed by atoms with van der Waals surface area (Å²) in [5.74, 6) is 1.40. The molecule has 0 radical (unpaired) electrons. The zero-order chi connectivity index (χ0) is 14.4. The number of hydrogen-bond donors (Lipinski definition) is 1. The van der Waals surface area contributed by atoms with E-state index in [0.29, 0.717) is 17.5 Å². The van der Waals surface area contributed by atoms with Crippen LogP contribution in [-0.2, 0) is 6.54 Å². The van der Waals surface area contributed by atoms with Crippen molar-refractivity contribution in [2.24, 2.45) is 0 Å². The van der Waals surface area contributed by atoms with Crippen molar-refractivity contribution in [1.29, 1.82) is 0 Å². The summed E-state index contributed by atoms with van der Waals surface area (Å²) in [6.45, 7) is 4.67. The van der Waals surface area contributed by atoms with Gasteiger partial charge >= 0.3 is 0 Å². The van der Waals surface area contributed by atoms with Crippen molar-refractivity contribution in [2.75, 3.05) is 19.7 Å². The Morgan fingerprint density at radius 3 is 2.95 bits per heavy atom. The van der Waals surface area contributed by atoms with Crippen LogP contribution in [0, 0.1) is 0 Å². The molecular formula is C15H19ClN2O2. The Hall–Kier alpha value is -1.36. The Morgan fingerprint density at radius 2 is 2.25 bits per heavy atom. The summed E-state index contributed by atoms with van der Waals surface area (Å²) in [5, 5.41) is 9.56. The number of nitrogens with zero attached hydrogens (tertiary/aromatic N) is 2. The molecule has 1 aromatic heterocycles. The molecule has 1 heterocycles. The van der Waals surface area contributed by atoms with Gasteiger partial charge in [-0.1, -0.05) is 30.7 Å². The van der Waals surface area contributed by atoms with Crippen molar-refractivity contribution < 1.29 is 9.52 Å². The fourth-order valence-corrected chi connectivity index (χ4v) is 2.18. The fraction of sp³-hybridized carbons (Fsp3) is 0.400. The number of halogens is 1. The van der Waals surface area contributed by atoms with Gasteiger partial charge in [0.15, 0.2) is 5.76 Å². The third kappa shape index (κ3) is 4.07. The van der Waals surface area contributed by atoms with Crippen LogP contribution in [0.25, 0.3) is 11.3 Å². The second kappa shape index (κ2) is 7.43. The van der Waals surface area contributed by atoms with E-state index < -0.39 is 0 Å². The molecule has 0 atom stereocenters. The van der Waals surface area contributed by atoms with Gasteiger partial charge in [-0.05, 0) is 25.1 Å². The van der Waals surface area contributed by atoms with Gasteiger partial charge in [0.1, 0.15) is 0 Å². The lowest BCUT2D eigenvalue weighted by molar-refractivity contribution is 0.212. The number of aromatic nitrogens is 1. The van der Waals surface area contributed by atoms with E-state index in [1.54, 1.807) is 6.20 Å². The molecule has 0 aliphatic rings. The van der Waals surface area contributed by atoms with Gasteiger partial charge in [0.05, 0.1) is 12.7 Å². The highest BCUT2D eigenvalue weighted by molar-refractivity contribution is 6.30. The van der Waals surface area contributed by atoms with Crippen LogP contribution in [0.1, 0.15) is 19.2 Å². The van der Waals surface area contributed by atoms with E-state index in [9.17, 15) is 0 Å². The van der Waals surface area contributed by atoms with Crippen LogP contribution < -0.4 is 0 Å². The van der Waals surface area contributed by atoms with Gasteiger partial charge in [-0.25, -0.2) is 4.98 Å². The standard InChI is InChI=1S/C15H19ClN2O2/c1-2-18(7-4-8-19)11-15-17-10-14(20-15)12-5-3-6-13(16)9-12/h3,5-6,9-10,19H,2,4,7-8,11H2,1H3. The first-order chi connectivity index (χ1) is 9.72. The molecule has 0 aliphatic heterocycles. The van der Waals surface area contributed by atoms with Crippen LogP contribution in [0.15, 0.2) is 34.9 Å². The molecule has 20 heavy (non-hydrogen) atoms. The number of hydrogen-bond acceptors (Lipinski definition) is 4. The maximum absolute atomic E-state index is 8.88. The Balaban J connectivity index is 2.05. The molecule has 0 amide bonds. The molecular weight excluding hydrogens is 276 g/mol. The van der Waals surface area contributed by atoms with Crippen molar-refractivity contribution in [1.82, 2.24) is 9.88 Å². The van der Waals surface area contributed by atoms with Gasteiger partial charge in [-0.3, -0.25) is 4.90 Å². The molecule has 0 bridgehead atoms. The SMILES string of the molecule is CCN(CCCO)Cc1ncc(-c2cccc(Cl)c2)o1. The second-order valence-corrected chi connectivity index (χ2v) is 5.01. The van der Waals surface area contributed by atoms with E-state index in [4.69, 9.17) is 21.1 Å². The lowest BCUT2D eigenvalue weighted by atomic mass is 10.2. The van der Waals surface area contributed by atoms with Gasteiger partial charge in [0.2, 0.25) is 5.89 Å². The van der Waals surface area contributed by atoms with E-state index in [1.165, 1.54) is 0 Å². The topological polar surface area (TPSA) is 49.5 Å². The smallest absolute Gasteiger partial charge is 0.209 e. The third-order valence-corrected chi connectivity index (χ3v) is 3.34. The Morgan fingerprint density at radius 1 is 1.40 bits per heavy atom. The molecule has 4 nitrogen and oxygen atoms in total.